The third kappa shape index (κ3) is 2.07. The van der Waals surface area contributed by atoms with Gasteiger partial charge in [0.05, 0.1) is 4.47 Å². The summed E-state index contributed by atoms with van der Waals surface area (Å²) in [7, 11) is 0. The summed E-state index contributed by atoms with van der Waals surface area (Å²) in [4.78, 5) is 15.2. The lowest BCUT2D eigenvalue weighted by atomic mass is 10.3. The van der Waals surface area contributed by atoms with Gasteiger partial charge in [0.15, 0.2) is 5.82 Å². The lowest BCUT2D eigenvalue weighted by Crippen LogP contribution is -2.48. The van der Waals surface area contributed by atoms with Gasteiger partial charge in [-0.15, -0.1) is 0 Å². The van der Waals surface area contributed by atoms with Gasteiger partial charge in [0, 0.05) is 38.8 Å². The zero-order chi connectivity index (χ0) is 11.7. The molecule has 0 spiro atoms. The first kappa shape index (κ1) is 11.4. The molecule has 0 aromatic carbocycles. The molecule has 16 heavy (non-hydrogen) atoms. The minimum absolute atomic E-state index is 0.150. The molecule has 1 amide bonds. The molecule has 0 atom stereocenters. The van der Waals surface area contributed by atoms with Crippen molar-refractivity contribution in [3.05, 3.63) is 10.2 Å². The number of piperazine rings is 1. The van der Waals surface area contributed by atoms with E-state index in [0.717, 1.165) is 42.2 Å². The SMILES string of the molecule is CC(=O)N1CCN(c2n[nH]c(C)c2Br)CC1. The lowest BCUT2D eigenvalue weighted by molar-refractivity contribution is -0.129. The Balaban J connectivity index is 2.04. The molecule has 88 valence electrons. The summed E-state index contributed by atoms with van der Waals surface area (Å²) in [6.45, 7) is 6.81. The van der Waals surface area contributed by atoms with Crippen LogP contribution in [0.3, 0.4) is 0 Å². The molecule has 1 saturated heterocycles. The number of halogens is 1. The van der Waals surface area contributed by atoms with Crippen LogP contribution in [0.1, 0.15) is 12.6 Å². The average molecular weight is 287 g/mol. The van der Waals surface area contributed by atoms with Gasteiger partial charge in [-0.05, 0) is 22.9 Å². The molecule has 1 fully saturated rings. The highest BCUT2D eigenvalue weighted by molar-refractivity contribution is 9.10. The highest BCUT2D eigenvalue weighted by atomic mass is 79.9. The Kier molecular flexibility index (Phi) is 3.18. The monoisotopic (exact) mass is 286 g/mol. The van der Waals surface area contributed by atoms with E-state index in [2.05, 4.69) is 31.0 Å². The van der Waals surface area contributed by atoms with Crippen molar-refractivity contribution in [3.63, 3.8) is 0 Å². The second-order valence-electron chi connectivity index (χ2n) is 3.98. The predicted octanol–water partition coefficient (Wildman–Crippen LogP) is 1.15. The van der Waals surface area contributed by atoms with Gasteiger partial charge in [0.1, 0.15) is 0 Å². The first-order valence-electron chi connectivity index (χ1n) is 5.30. The molecule has 1 aliphatic heterocycles. The van der Waals surface area contributed by atoms with E-state index in [0.29, 0.717) is 0 Å². The van der Waals surface area contributed by atoms with Gasteiger partial charge < -0.3 is 9.80 Å². The summed E-state index contributed by atoms with van der Waals surface area (Å²) >= 11 is 3.51. The fourth-order valence-corrected chi connectivity index (χ4v) is 2.27. The second kappa shape index (κ2) is 4.45. The Morgan fingerprint density at radius 1 is 1.38 bits per heavy atom. The van der Waals surface area contributed by atoms with Crippen molar-refractivity contribution in [3.8, 4) is 0 Å². The van der Waals surface area contributed by atoms with Crippen molar-refractivity contribution in [2.45, 2.75) is 13.8 Å². The number of amides is 1. The average Bonchev–Trinajstić information content (AvgIpc) is 2.60. The van der Waals surface area contributed by atoms with E-state index < -0.39 is 0 Å². The minimum atomic E-state index is 0.150. The molecule has 2 rings (SSSR count). The van der Waals surface area contributed by atoms with E-state index >= 15 is 0 Å². The third-order valence-corrected chi connectivity index (χ3v) is 3.83. The van der Waals surface area contributed by atoms with Crippen LogP contribution in [-0.4, -0.2) is 47.2 Å². The molecular weight excluding hydrogens is 272 g/mol. The van der Waals surface area contributed by atoms with Crippen molar-refractivity contribution in [2.75, 3.05) is 31.1 Å². The molecule has 0 aliphatic carbocycles. The summed E-state index contributed by atoms with van der Waals surface area (Å²) in [5, 5.41) is 7.21. The van der Waals surface area contributed by atoms with Crippen LogP contribution in [-0.2, 0) is 4.79 Å². The van der Waals surface area contributed by atoms with Gasteiger partial charge >= 0.3 is 0 Å². The largest absolute Gasteiger partial charge is 0.351 e. The molecule has 1 N–H and O–H groups in total. The molecule has 0 radical (unpaired) electrons. The number of carbonyl (C=O) groups excluding carboxylic acids is 1. The molecule has 0 unspecified atom stereocenters. The summed E-state index contributed by atoms with van der Waals surface area (Å²) in [6.07, 6.45) is 0. The summed E-state index contributed by atoms with van der Waals surface area (Å²) in [5.74, 6) is 1.10. The first-order chi connectivity index (χ1) is 7.59. The van der Waals surface area contributed by atoms with Crippen LogP contribution in [0.25, 0.3) is 0 Å². The van der Waals surface area contributed by atoms with E-state index in [1.807, 2.05) is 11.8 Å². The van der Waals surface area contributed by atoms with E-state index in [4.69, 9.17) is 0 Å². The van der Waals surface area contributed by atoms with E-state index in [1.54, 1.807) is 6.92 Å². The Bertz CT molecular complexity index is 396. The van der Waals surface area contributed by atoms with E-state index in [1.165, 1.54) is 0 Å². The number of anilines is 1. The molecular formula is C10H15BrN4O. The number of carbonyl (C=O) groups is 1. The molecule has 6 heteroatoms. The minimum Gasteiger partial charge on any atom is -0.351 e. The molecule has 1 aromatic heterocycles. The van der Waals surface area contributed by atoms with Gasteiger partial charge in [-0.3, -0.25) is 9.89 Å². The number of H-pyrrole nitrogens is 1. The zero-order valence-corrected chi connectivity index (χ0v) is 11.0. The molecule has 1 aliphatic rings. The number of aromatic nitrogens is 2. The normalized spacial score (nSPS) is 16.7. The van der Waals surface area contributed by atoms with Crippen LogP contribution >= 0.6 is 15.9 Å². The summed E-state index contributed by atoms with van der Waals surface area (Å²) in [5.41, 5.74) is 1.03. The maximum Gasteiger partial charge on any atom is 0.219 e. The zero-order valence-electron chi connectivity index (χ0n) is 9.46. The number of aromatic amines is 1. The van der Waals surface area contributed by atoms with Gasteiger partial charge in [0.2, 0.25) is 5.91 Å². The number of rotatable bonds is 1. The summed E-state index contributed by atoms with van der Waals surface area (Å²) in [6, 6.07) is 0. The highest BCUT2D eigenvalue weighted by Gasteiger charge is 2.22. The Labute approximate surface area is 103 Å². The van der Waals surface area contributed by atoms with Gasteiger partial charge in [0.25, 0.3) is 0 Å². The maximum absolute atomic E-state index is 11.2. The lowest BCUT2D eigenvalue weighted by Gasteiger charge is -2.34. The Hall–Kier alpha value is -1.04. The quantitative estimate of drug-likeness (QED) is 0.843. The van der Waals surface area contributed by atoms with Crippen LogP contribution in [0, 0.1) is 6.92 Å². The predicted molar refractivity (Wildman–Crippen MR) is 65.5 cm³/mol. The Morgan fingerprint density at radius 3 is 2.44 bits per heavy atom. The van der Waals surface area contributed by atoms with Crippen LogP contribution in [0.5, 0.6) is 0 Å². The Morgan fingerprint density at radius 2 is 2.00 bits per heavy atom. The number of nitrogens with zero attached hydrogens (tertiary/aromatic N) is 3. The number of hydrogen-bond donors (Lipinski definition) is 1. The van der Waals surface area contributed by atoms with Crippen LogP contribution < -0.4 is 4.90 Å². The summed E-state index contributed by atoms with van der Waals surface area (Å²) < 4.78 is 1.02. The molecule has 5 nitrogen and oxygen atoms in total. The van der Waals surface area contributed by atoms with Gasteiger partial charge in [-0.1, -0.05) is 0 Å². The van der Waals surface area contributed by atoms with Crippen molar-refractivity contribution in [1.29, 1.82) is 0 Å². The number of nitrogens with one attached hydrogen (secondary N) is 1. The molecule has 1 aromatic rings. The van der Waals surface area contributed by atoms with Crippen molar-refractivity contribution in [1.82, 2.24) is 15.1 Å². The fourth-order valence-electron chi connectivity index (χ4n) is 1.85. The number of aryl methyl sites for hydroxylation is 1. The smallest absolute Gasteiger partial charge is 0.219 e. The molecule has 2 heterocycles. The fraction of sp³-hybridized carbons (Fsp3) is 0.600. The van der Waals surface area contributed by atoms with Gasteiger partial charge in [-0.2, -0.15) is 5.10 Å². The topological polar surface area (TPSA) is 52.2 Å². The molecule has 0 saturated carbocycles. The molecule has 0 bridgehead atoms. The first-order valence-corrected chi connectivity index (χ1v) is 6.10. The van der Waals surface area contributed by atoms with Crippen LogP contribution in [0.4, 0.5) is 5.82 Å². The van der Waals surface area contributed by atoms with Gasteiger partial charge in [-0.25, -0.2) is 0 Å². The van der Waals surface area contributed by atoms with Crippen LogP contribution in [0.2, 0.25) is 0 Å². The standard InChI is InChI=1S/C10H15BrN4O/c1-7-9(11)10(13-12-7)15-5-3-14(4-6-15)8(2)16/h3-6H2,1-2H3,(H,12,13). The number of hydrogen-bond acceptors (Lipinski definition) is 3. The van der Waals surface area contributed by atoms with E-state index in [-0.39, 0.29) is 5.91 Å². The maximum atomic E-state index is 11.2. The van der Waals surface area contributed by atoms with Crippen molar-refractivity contribution >= 4 is 27.7 Å². The van der Waals surface area contributed by atoms with Crippen molar-refractivity contribution < 1.29 is 4.79 Å². The third-order valence-electron chi connectivity index (χ3n) is 2.88. The second-order valence-corrected chi connectivity index (χ2v) is 4.77. The van der Waals surface area contributed by atoms with Crippen molar-refractivity contribution in [2.24, 2.45) is 0 Å². The van der Waals surface area contributed by atoms with Crippen LogP contribution in [0.15, 0.2) is 4.47 Å². The highest BCUT2D eigenvalue weighted by Crippen LogP contribution is 2.27. The van der Waals surface area contributed by atoms with E-state index in [9.17, 15) is 4.79 Å².